The van der Waals surface area contributed by atoms with Crippen molar-refractivity contribution in [2.75, 3.05) is 20.2 Å². The molecule has 22 heavy (non-hydrogen) atoms. The van der Waals surface area contributed by atoms with Crippen molar-refractivity contribution in [2.45, 2.75) is 42.8 Å². The molecule has 1 unspecified atom stereocenters. The van der Waals surface area contributed by atoms with Gasteiger partial charge < -0.3 is 9.64 Å². The fourth-order valence-electron chi connectivity index (χ4n) is 2.17. The van der Waals surface area contributed by atoms with Crippen molar-refractivity contribution >= 4 is 17.9 Å². The maximum absolute atomic E-state index is 11.8. The summed E-state index contributed by atoms with van der Waals surface area (Å²) in [5, 5.41) is 0.425. The number of methoxy groups -OCH3 is 1. The summed E-state index contributed by atoms with van der Waals surface area (Å²) >= 11 is 1.85. The second-order valence-electron chi connectivity index (χ2n) is 5.18. The average Bonchev–Trinajstić information content (AvgIpc) is 2.55. The molecular weight excluding hydrogens is 294 g/mol. The zero-order valence-electron chi connectivity index (χ0n) is 13.7. The third-order valence-electron chi connectivity index (χ3n) is 3.41. The smallest absolute Gasteiger partial charge is 0.409 e. The van der Waals surface area contributed by atoms with Crippen LogP contribution in [0.25, 0.3) is 0 Å². The van der Waals surface area contributed by atoms with Crippen molar-refractivity contribution in [1.82, 2.24) is 4.90 Å². The lowest BCUT2D eigenvalue weighted by molar-refractivity contribution is 0.122. The molecule has 0 heterocycles. The highest BCUT2D eigenvalue weighted by atomic mass is 32.2. The molecule has 3 nitrogen and oxygen atoms in total. The number of rotatable bonds is 10. The predicted molar refractivity (Wildman–Crippen MR) is 94.4 cm³/mol. The van der Waals surface area contributed by atoms with Gasteiger partial charge in [0.25, 0.3) is 0 Å². The molecule has 0 aliphatic heterocycles. The number of amides is 1. The van der Waals surface area contributed by atoms with E-state index < -0.39 is 0 Å². The molecule has 4 heteroatoms. The van der Waals surface area contributed by atoms with Crippen LogP contribution in [0.3, 0.4) is 0 Å². The van der Waals surface area contributed by atoms with Crippen LogP contribution < -0.4 is 0 Å². The Hall–Kier alpha value is -1.42. The van der Waals surface area contributed by atoms with E-state index >= 15 is 0 Å². The number of carbonyl (C=O) groups is 1. The van der Waals surface area contributed by atoms with Crippen molar-refractivity contribution < 1.29 is 9.53 Å². The first-order valence-electron chi connectivity index (χ1n) is 7.86. The standard InChI is InChI=1S/C18H27NO2S/c1-4-6-14-19(18(20)21-3)15-13-16(10-5-2)22-17-11-8-7-9-12-17/h5,7-9,11-12,16H,2,4,6,10,13-15H2,1,3H3. The molecule has 0 bridgehead atoms. The van der Waals surface area contributed by atoms with Crippen LogP contribution in [0, 0.1) is 0 Å². The fraction of sp³-hybridized carbons (Fsp3) is 0.500. The second kappa shape index (κ2) is 11.2. The van der Waals surface area contributed by atoms with Gasteiger partial charge in [0.2, 0.25) is 0 Å². The first-order valence-corrected chi connectivity index (χ1v) is 8.74. The van der Waals surface area contributed by atoms with Crippen molar-refractivity contribution in [1.29, 1.82) is 0 Å². The first kappa shape index (κ1) is 18.6. The topological polar surface area (TPSA) is 29.5 Å². The minimum Gasteiger partial charge on any atom is -0.453 e. The number of unbranched alkanes of at least 4 members (excludes halogenated alkanes) is 1. The molecule has 0 fully saturated rings. The number of hydrogen-bond acceptors (Lipinski definition) is 3. The third kappa shape index (κ3) is 7.03. The van der Waals surface area contributed by atoms with Gasteiger partial charge >= 0.3 is 6.09 Å². The molecule has 0 aromatic heterocycles. The molecule has 0 N–H and O–H groups in total. The normalized spacial score (nSPS) is 11.7. The minimum absolute atomic E-state index is 0.226. The number of allylic oxidation sites excluding steroid dienone is 1. The van der Waals surface area contributed by atoms with E-state index in [0.29, 0.717) is 5.25 Å². The fourth-order valence-corrected chi connectivity index (χ4v) is 3.33. The molecule has 0 spiro atoms. The number of benzene rings is 1. The SMILES string of the molecule is C=CCC(CCN(CCCC)C(=O)OC)Sc1ccccc1. The van der Waals surface area contributed by atoms with Gasteiger partial charge in [-0.2, -0.15) is 0 Å². The molecule has 1 amide bonds. The zero-order valence-corrected chi connectivity index (χ0v) is 14.5. The molecule has 1 atom stereocenters. The highest BCUT2D eigenvalue weighted by Gasteiger charge is 2.16. The molecule has 0 aliphatic rings. The van der Waals surface area contributed by atoms with E-state index in [4.69, 9.17) is 4.74 Å². The summed E-state index contributed by atoms with van der Waals surface area (Å²) in [7, 11) is 1.45. The molecule has 1 aromatic carbocycles. The van der Waals surface area contributed by atoms with Crippen LogP contribution in [0.15, 0.2) is 47.9 Å². The van der Waals surface area contributed by atoms with E-state index in [1.54, 1.807) is 0 Å². The van der Waals surface area contributed by atoms with Crippen molar-refractivity contribution in [3.05, 3.63) is 43.0 Å². The van der Waals surface area contributed by atoms with Gasteiger partial charge in [-0.05, 0) is 31.4 Å². The lowest BCUT2D eigenvalue weighted by Crippen LogP contribution is -2.34. The minimum atomic E-state index is -0.226. The molecule has 0 saturated carbocycles. The van der Waals surface area contributed by atoms with Crippen LogP contribution in [-0.2, 0) is 4.74 Å². The number of carbonyl (C=O) groups excluding carboxylic acids is 1. The third-order valence-corrected chi connectivity index (χ3v) is 4.72. The monoisotopic (exact) mass is 321 g/mol. The van der Waals surface area contributed by atoms with Crippen LogP contribution in [0.4, 0.5) is 4.79 Å². The Morgan fingerprint density at radius 2 is 2.09 bits per heavy atom. The van der Waals surface area contributed by atoms with Gasteiger partial charge in [-0.25, -0.2) is 4.79 Å². The maximum Gasteiger partial charge on any atom is 0.409 e. The number of thioether (sulfide) groups is 1. The van der Waals surface area contributed by atoms with E-state index in [1.807, 2.05) is 28.8 Å². The van der Waals surface area contributed by atoms with Gasteiger partial charge in [-0.3, -0.25) is 0 Å². The summed E-state index contributed by atoms with van der Waals surface area (Å²) in [5.41, 5.74) is 0. The van der Waals surface area contributed by atoms with Crippen LogP contribution in [0.2, 0.25) is 0 Å². The lowest BCUT2D eigenvalue weighted by atomic mass is 10.2. The molecule has 0 saturated heterocycles. The van der Waals surface area contributed by atoms with Crippen molar-refractivity contribution in [2.24, 2.45) is 0 Å². The lowest BCUT2D eigenvalue weighted by Gasteiger charge is -2.23. The number of nitrogens with zero attached hydrogens (tertiary/aromatic N) is 1. The molecule has 1 aromatic rings. The first-order chi connectivity index (χ1) is 10.7. The average molecular weight is 321 g/mol. The van der Waals surface area contributed by atoms with Crippen molar-refractivity contribution in [3.8, 4) is 0 Å². The number of hydrogen-bond donors (Lipinski definition) is 0. The summed E-state index contributed by atoms with van der Waals surface area (Å²) in [6.07, 6.45) is 5.67. The molecular formula is C18H27NO2S. The van der Waals surface area contributed by atoms with Gasteiger partial charge in [-0.15, -0.1) is 18.3 Å². The van der Waals surface area contributed by atoms with Gasteiger partial charge in [0.15, 0.2) is 0 Å². The summed E-state index contributed by atoms with van der Waals surface area (Å²) in [4.78, 5) is 14.9. The summed E-state index contributed by atoms with van der Waals surface area (Å²) < 4.78 is 4.88. The Labute approximate surface area is 138 Å². The summed E-state index contributed by atoms with van der Waals surface area (Å²) in [6, 6.07) is 10.4. The van der Waals surface area contributed by atoms with E-state index in [0.717, 1.165) is 38.8 Å². The van der Waals surface area contributed by atoms with E-state index in [9.17, 15) is 4.79 Å². The summed E-state index contributed by atoms with van der Waals surface area (Å²) in [6.45, 7) is 7.47. The highest BCUT2D eigenvalue weighted by molar-refractivity contribution is 8.00. The Morgan fingerprint density at radius 3 is 2.68 bits per heavy atom. The van der Waals surface area contributed by atoms with Crippen LogP contribution in [0.1, 0.15) is 32.6 Å². The quantitative estimate of drug-likeness (QED) is 0.449. The Balaban J connectivity index is 2.56. The Kier molecular flexibility index (Phi) is 9.47. The van der Waals surface area contributed by atoms with Crippen LogP contribution in [0.5, 0.6) is 0 Å². The molecule has 0 radical (unpaired) electrons. The molecule has 122 valence electrons. The zero-order chi connectivity index (χ0) is 16.2. The van der Waals surface area contributed by atoms with Gasteiger partial charge in [0.1, 0.15) is 0 Å². The van der Waals surface area contributed by atoms with Crippen LogP contribution >= 0.6 is 11.8 Å². The molecule has 1 rings (SSSR count). The predicted octanol–water partition coefficient (Wildman–Crippen LogP) is 4.98. The molecule has 0 aliphatic carbocycles. The van der Waals surface area contributed by atoms with E-state index in [1.165, 1.54) is 12.0 Å². The van der Waals surface area contributed by atoms with Gasteiger partial charge in [0.05, 0.1) is 7.11 Å². The largest absolute Gasteiger partial charge is 0.453 e. The van der Waals surface area contributed by atoms with E-state index in [2.05, 4.69) is 37.8 Å². The Morgan fingerprint density at radius 1 is 1.36 bits per heavy atom. The number of ether oxygens (including phenoxy) is 1. The summed E-state index contributed by atoms with van der Waals surface area (Å²) in [5.74, 6) is 0. The van der Waals surface area contributed by atoms with Crippen molar-refractivity contribution in [3.63, 3.8) is 0 Å². The van der Waals surface area contributed by atoms with Gasteiger partial charge in [0, 0.05) is 23.2 Å². The van der Waals surface area contributed by atoms with Gasteiger partial charge in [-0.1, -0.05) is 37.6 Å². The van der Waals surface area contributed by atoms with E-state index in [-0.39, 0.29) is 6.09 Å². The highest BCUT2D eigenvalue weighted by Crippen LogP contribution is 2.28. The maximum atomic E-state index is 11.8. The van der Waals surface area contributed by atoms with Crippen LogP contribution in [-0.4, -0.2) is 36.4 Å². The Bertz CT molecular complexity index is 436. The second-order valence-corrected chi connectivity index (χ2v) is 6.55.